The van der Waals surface area contributed by atoms with Gasteiger partial charge in [0.05, 0.1) is 6.61 Å². The van der Waals surface area contributed by atoms with Crippen molar-refractivity contribution in [2.45, 2.75) is 0 Å². The molecule has 19 heavy (non-hydrogen) atoms. The Morgan fingerprint density at radius 2 is 2.00 bits per heavy atom. The lowest BCUT2D eigenvalue weighted by molar-refractivity contribution is -0.116. The van der Waals surface area contributed by atoms with Gasteiger partial charge in [0, 0.05) is 39.2 Å². The molecule has 1 aromatic rings. The van der Waals surface area contributed by atoms with Gasteiger partial charge < -0.3 is 19.7 Å². The van der Waals surface area contributed by atoms with Crippen LogP contribution in [-0.2, 0) is 9.53 Å². The minimum absolute atomic E-state index is 0.133. The Bertz CT molecular complexity index is 415. The third-order valence-corrected chi connectivity index (χ3v) is 2.50. The predicted octanol–water partition coefficient (Wildman–Crippen LogP) is 1.41. The van der Waals surface area contributed by atoms with Gasteiger partial charge in [-0.25, -0.2) is 0 Å². The Kier molecular flexibility index (Phi) is 6.46. The molecular weight excluding hydrogens is 244 g/mol. The highest BCUT2D eigenvalue weighted by atomic mass is 16.5. The van der Waals surface area contributed by atoms with Crippen molar-refractivity contribution in [2.75, 3.05) is 39.3 Å². The molecule has 1 rings (SSSR count). The molecule has 0 aromatic heterocycles. The molecule has 0 aliphatic heterocycles. The van der Waals surface area contributed by atoms with Crippen molar-refractivity contribution in [3.8, 4) is 5.75 Å². The molecule has 0 saturated heterocycles. The summed E-state index contributed by atoms with van der Waals surface area (Å²) in [5.74, 6) is 0.663. The Morgan fingerprint density at radius 3 is 2.58 bits per heavy atom. The average Bonchev–Trinajstić information content (AvgIpc) is 2.45. The van der Waals surface area contributed by atoms with Crippen molar-refractivity contribution in [2.24, 2.45) is 0 Å². The third-order valence-electron chi connectivity index (χ3n) is 2.50. The van der Waals surface area contributed by atoms with Crippen LogP contribution in [0.5, 0.6) is 5.75 Å². The van der Waals surface area contributed by atoms with Gasteiger partial charge in [-0.05, 0) is 24.3 Å². The maximum absolute atomic E-state index is 11.1. The number of rotatable bonds is 7. The number of hydrogen-bond donors (Lipinski definition) is 1. The summed E-state index contributed by atoms with van der Waals surface area (Å²) in [5, 5.41) is 2.53. The number of methoxy groups -OCH3 is 1. The lowest BCUT2D eigenvalue weighted by Crippen LogP contribution is -2.16. The zero-order valence-electron chi connectivity index (χ0n) is 11.6. The van der Waals surface area contributed by atoms with E-state index in [1.54, 1.807) is 20.4 Å². The maximum atomic E-state index is 11.1. The predicted molar refractivity (Wildman–Crippen MR) is 75.4 cm³/mol. The largest absolute Gasteiger partial charge is 0.491 e. The van der Waals surface area contributed by atoms with E-state index in [0.717, 1.165) is 11.4 Å². The molecule has 0 atom stereocenters. The summed E-state index contributed by atoms with van der Waals surface area (Å²) in [6.45, 7) is 1.10. The van der Waals surface area contributed by atoms with Crippen LogP contribution in [-0.4, -0.2) is 40.3 Å². The second kappa shape index (κ2) is 8.16. The molecule has 0 aliphatic carbocycles. The first-order chi connectivity index (χ1) is 9.17. The molecule has 5 nitrogen and oxygen atoms in total. The first-order valence-electron chi connectivity index (χ1n) is 6.02. The first kappa shape index (κ1) is 15.0. The van der Waals surface area contributed by atoms with Gasteiger partial charge in [0.1, 0.15) is 12.4 Å². The summed E-state index contributed by atoms with van der Waals surface area (Å²) in [6.07, 6.45) is 3.18. The minimum atomic E-state index is -0.133. The van der Waals surface area contributed by atoms with E-state index in [2.05, 4.69) is 5.32 Å². The number of nitrogens with one attached hydrogen (secondary N) is 1. The zero-order valence-corrected chi connectivity index (χ0v) is 11.6. The number of anilines is 1. The summed E-state index contributed by atoms with van der Waals surface area (Å²) < 4.78 is 10.4. The van der Waals surface area contributed by atoms with Gasteiger partial charge in [0.15, 0.2) is 0 Å². The fraction of sp³-hybridized carbons (Fsp3) is 0.357. The van der Waals surface area contributed by atoms with E-state index < -0.39 is 0 Å². The van der Waals surface area contributed by atoms with E-state index in [1.807, 2.05) is 36.2 Å². The Morgan fingerprint density at radius 1 is 1.32 bits per heavy atom. The molecule has 1 amide bonds. The van der Waals surface area contributed by atoms with Gasteiger partial charge in [0.2, 0.25) is 5.91 Å². The Balaban J connectivity index is 2.55. The molecule has 0 aliphatic rings. The van der Waals surface area contributed by atoms with Gasteiger partial charge in [0.25, 0.3) is 0 Å². The van der Waals surface area contributed by atoms with Gasteiger partial charge in [-0.15, -0.1) is 0 Å². The van der Waals surface area contributed by atoms with E-state index >= 15 is 0 Å². The molecule has 0 radical (unpaired) electrons. The van der Waals surface area contributed by atoms with Crippen LogP contribution in [0, 0.1) is 0 Å². The van der Waals surface area contributed by atoms with Crippen LogP contribution < -0.4 is 15.0 Å². The summed E-state index contributed by atoms with van der Waals surface area (Å²) in [5.41, 5.74) is 0.972. The van der Waals surface area contributed by atoms with Crippen LogP contribution in [0.4, 0.5) is 5.69 Å². The minimum Gasteiger partial charge on any atom is -0.491 e. The molecule has 0 bridgehead atoms. The standard InChI is InChI=1S/C14H20N2O3/c1-15-14(17)8-9-16(2)12-4-6-13(7-5-12)19-11-10-18-3/h4-9H,10-11H2,1-3H3,(H,15,17)/b9-8+. The number of carbonyl (C=O) groups excluding carboxylic acids is 1. The highest BCUT2D eigenvalue weighted by Gasteiger charge is 1.99. The summed E-state index contributed by atoms with van der Waals surface area (Å²) in [4.78, 5) is 12.9. The van der Waals surface area contributed by atoms with Crippen LogP contribution in [0.15, 0.2) is 36.5 Å². The number of likely N-dealkylation sites (N-methyl/N-ethyl adjacent to an activating group) is 1. The average molecular weight is 264 g/mol. The fourth-order valence-electron chi connectivity index (χ4n) is 1.37. The van der Waals surface area contributed by atoms with Gasteiger partial charge in [-0.1, -0.05) is 0 Å². The Labute approximate surface area is 113 Å². The lowest BCUT2D eigenvalue weighted by Gasteiger charge is -2.14. The molecule has 5 heteroatoms. The second-order valence-corrected chi connectivity index (χ2v) is 3.88. The van der Waals surface area contributed by atoms with Gasteiger partial charge in [-0.2, -0.15) is 0 Å². The van der Waals surface area contributed by atoms with E-state index in [1.165, 1.54) is 6.08 Å². The molecule has 1 aromatic carbocycles. The monoisotopic (exact) mass is 264 g/mol. The number of amides is 1. The number of ether oxygens (including phenoxy) is 2. The highest BCUT2D eigenvalue weighted by Crippen LogP contribution is 2.18. The topological polar surface area (TPSA) is 50.8 Å². The normalized spacial score (nSPS) is 10.5. The Hall–Kier alpha value is -2.01. The summed E-state index contributed by atoms with van der Waals surface area (Å²) >= 11 is 0. The number of benzene rings is 1. The quantitative estimate of drug-likeness (QED) is 0.597. The maximum Gasteiger partial charge on any atom is 0.245 e. The second-order valence-electron chi connectivity index (χ2n) is 3.88. The molecule has 0 unspecified atom stereocenters. The number of hydrogen-bond acceptors (Lipinski definition) is 4. The number of carbonyl (C=O) groups is 1. The van der Waals surface area contributed by atoms with Crippen molar-refractivity contribution >= 4 is 11.6 Å². The fourth-order valence-corrected chi connectivity index (χ4v) is 1.37. The summed E-state index contributed by atoms with van der Waals surface area (Å²) in [7, 11) is 5.11. The summed E-state index contributed by atoms with van der Waals surface area (Å²) in [6, 6.07) is 7.62. The van der Waals surface area contributed by atoms with Gasteiger partial charge in [-0.3, -0.25) is 4.79 Å². The molecule has 0 fully saturated rings. The van der Waals surface area contributed by atoms with E-state index in [4.69, 9.17) is 9.47 Å². The van der Waals surface area contributed by atoms with E-state index in [9.17, 15) is 4.79 Å². The highest BCUT2D eigenvalue weighted by molar-refractivity contribution is 5.87. The van der Waals surface area contributed by atoms with Crippen molar-refractivity contribution in [3.63, 3.8) is 0 Å². The molecule has 1 N–H and O–H groups in total. The van der Waals surface area contributed by atoms with Crippen LogP contribution in [0.3, 0.4) is 0 Å². The van der Waals surface area contributed by atoms with E-state index in [-0.39, 0.29) is 5.91 Å². The van der Waals surface area contributed by atoms with Gasteiger partial charge >= 0.3 is 0 Å². The third kappa shape index (κ3) is 5.44. The molecule has 0 spiro atoms. The first-order valence-corrected chi connectivity index (χ1v) is 6.02. The molecule has 104 valence electrons. The zero-order chi connectivity index (χ0) is 14.1. The molecule has 0 heterocycles. The number of nitrogens with zero attached hydrogens (tertiary/aromatic N) is 1. The van der Waals surface area contributed by atoms with Crippen molar-refractivity contribution in [1.82, 2.24) is 5.32 Å². The van der Waals surface area contributed by atoms with Crippen molar-refractivity contribution in [1.29, 1.82) is 0 Å². The molecular formula is C14H20N2O3. The van der Waals surface area contributed by atoms with Crippen molar-refractivity contribution in [3.05, 3.63) is 36.5 Å². The SMILES string of the molecule is CNC(=O)/C=C/N(C)c1ccc(OCCOC)cc1. The van der Waals surface area contributed by atoms with Crippen LogP contribution in [0.25, 0.3) is 0 Å². The lowest BCUT2D eigenvalue weighted by atomic mass is 10.3. The molecule has 0 saturated carbocycles. The van der Waals surface area contributed by atoms with Crippen LogP contribution in [0.2, 0.25) is 0 Å². The smallest absolute Gasteiger partial charge is 0.245 e. The van der Waals surface area contributed by atoms with E-state index in [0.29, 0.717) is 13.2 Å². The van der Waals surface area contributed by atoms with Crippen molar-refractivity contribution < 1.29 is 14.3 Å². The van der Waals surface area contributed by atoms with Crippen LogP contribution >= 0.6 is 0 Å². The van der Waals surface area contributed by atoms with Crippen LogP contribution in [0.1, 0.15) is 0 Å².